The lowest BCUT2D eigenvalue weighted by molar-refractivity contribution is 0.414. The average molecular weight is 605 g/mol. The number of benzene rings is 3. The van der Waals surface area contributed by atoms with Gasteiger partial charge in [0.1, 0.15) is 11.5 Å². The van der Waals surface area contributed by atoms with Gasteiger partial charge in [0.25, 0.3) is 5.56 Å². The van der Waals surface area contributed by atoms with E-state index >= 15 is 0 Å². The topological polar surface area (TPSA) is 164 Å². The zero-order valence-electron chi connectivity index (χ0n) is 25.0. The summed E-state index contributed by atoms with van der Waals surface area (Å²) in [6.07, 6.45) is -0.0719. The van der Waals surface area contributed by atoms with Gasteiger partial charge in [0, 0.05) is 25.7 Å². The number of hydrazine groups is 1. The number of rotatable bonds is 13. The largest absolute Gasteiger partial charge is 0.497 e. The Kier molecular flexibility index (Phi) is 9.66. The van der Waals surface area contributed by atoms with E-state index in [1.54, 1.807) is 21.3 Å². The third-order valence-corrected chi connectivity index (χ3v) is 6.83. The number of hydrogen-bond acceptors (Lipinski definition) is 12. The molecule has 45 heavy (non-hydrogen) atoms. The Hall–Kier alpha value is -6.16. The van der Waals surface area contributed by atoms with Crippen LogP contribution in [0.4, 0.5) is 23.8 Å². The fraction of sp³-hybridized carbons (Fsp3) is 0.188. The summed E-state index contributed by atoms with van der Waals surface area (Å²) in [6.45, 7) is 0.908. The van der Waals surface area contributed by atoms with Gasteiger partial charge in [-0.25, -0.2) is 4.98 Å². The molecule has 0 saturated heterocycles. The Labute approximate surface area is 259 Å². The van der Waals surface area contributed by atoms with Gasteiger partial charge >= 0.3 is 0 Å². The normalized spacial score (nSPS) is 10.4. The predicted octanol–water partition coefficient (Wildman–Crippen LogP) is 4.38. The van der Waals surface area contributed by atoms with Crippen LogP contribution in [-0.4, -0.2) is 38.7 Å². The zero-order chi connectivity index (χ0) is 31.6. The van der Waals surface area contributed by atoms with Crippen LogP contribution in [0.25, 0.3) is 11.3 Å². The Balaban J connectivity index is 1.40. The number of hydrogen-bond donors (Lipinski definition) is 4. The number of nitrogens with zero attached hydrogens (tertiary/aromatic N) is 6. The van der Waals surface area contributed by atoms with Crippen molar-refractivity contribution in [3.63, 3.8) is 0 Å². The number of methoxy groups -OCH3 is 2. The highest BCUT2D eigenvalue weighted by molar-refractivity contribution is 5.65. The van der Waals surface area contributed by atoms with Crippen molar-refractivity contribution in [2.45, 2.75) is 19.5 Å². The molecular weight excluding hydrogens is 572 g/mol. The fourth-order valence-corrected chi connectivity index (χ4v) is 4.38. The number of nitriles is 1. The fourth-order valence-electron chi connectivity index (χ4n) is 4.38. The second-order valence-corrected chi connectivity index (χ2v) is 9.79. The van der Waals surface area contributed by atoms with E-state index in [1.165, 1.54) is 4.57 Å². The smallest absolute Gasteiger partial charge is 0.259 e. The van der Waals surface area contributed by atoms with Crippen molar-refractivity contribution in [2.75, 3.05) is 35.7 Å². The van der Waals surface area contributed by atoms with Gasteiger partial charge in [-0.2, -0.15) is 20.2 Å². The molecule has 0 aliphatic heterocycles. The van der Waals surface area contributed by atoms with E-state index < -0.39 is 0 Å². The van der Waals surface area contributed by atoms with Gasteiger partial charge in [0.2, 0.25) is 23.8 Å². The van der Waals surface area contributed by atoms with E-state index in [4.69, 9.17) is 9.47 Å². The summed E-state index contributed by atoms with van der Waals surface area (Å²) in [4.78, 5) is 31.5. The van der Waals surface area contributed by atoms with Crippen molar-refractivity contribution in [3.8, 4) is 28.8 Å². The monoisotopic (exact) mass is 604 g/mol. The summed E-state index contributed by atoms with van der Waals surface area (Å²) in [5.74, 6) is 2.55. The van der Waals surface area contributed by atoms with Crippen molar-refractivity contribution in [1.82, 2.24) is 24.5 Å². The summed E-state index contributed by atoms with van der Waals surface area (Å²) < 4.78 is 11.8. The lowest BCUT2D eigenvalue weighted by Gasteiger charge is -2.16. The molecule has 228 valence electrons. The van der Waals surface area contributed by atoms with E-state index in [0.29, 0.717) is 36.2 Å². The molecule has 0 aliphatic rings. The molecule has 0 atom stereocenters. The van der Waals surface area contributed by atoms with Gasteiger partial charge < -0.3 is 20.1 Å². The van der Waals surface area contributed by atoms with Crippen LogP contribution in [0.2, 0.25) is 0 Å². The first-order chi connectivity index (χ1) is 22.0. The molecule has 13 nitrogen and oxygen atoms in total. The average Bonchev–Trinajstić information content (AvgIpc) is 3.09. The van der Waals surface area contributed by atoms with E-state index in [9.17, 15) is 10.1 Å². The highest BCUT2D eigenvalue weighted by atomic mass is 16.5. The number of anilines is 4. The van der Waals surface area contributed by atoms with Crippen LogP contribution >= 0.6 is 0 Å². The highest BCUT2D eigenvalue weighted by Crippen LogP contribution is 2.22. The van der Waals surface area contributed by atoms with E-state index in [-0.39, 0.29) is 23.9 Å². The standard InChI is InChI=1S/C32H32N10O3/c1-42-28(43)26(17-18-33)27(23-7-5-4-6-8-23)36-32(42)41-40-31-38-29(34-19-21-9-13-24(44-2)14-10-21)37-30(39-31)35-20-22-11-15-25(45-3)16-12-22/h4-16H,17,19-20H2,1-3H3,(H,36,41)(H3,34,35,37,38,39,40). The Morgan fingerprint density at radius 1 is 0.733 bits per heavy atom. The Morgan fingerprint density at radius 2 is 1.27 bits per heavy atom. The van der Waals surface area contributed by atoms with E-state index in [1.807, 2.05) is 78.9 Å². The minimum atomic E-state index is -0.339. The summed E-state index contributed by atoms with van der Waals surface area (Å²) in [7, 11) is 4.82. The van der Waals surface area contributed by atoms with Crippen LogP contribution < -0.4 is 36.5 Å². The second-order valence-electron chi connectivity index (χ2n) is 9.79. The molecule has 0 aliphatic carbocycles. The van der Waals surface area contributed by atoms with Crippen LogP contribution in [-0.2, 0) is 26.6 Å². The van der Waals surface area contributed by atoms with Crippen LogP contribution in [0.15, 0.2) is 83.7 Å². The molecule has 0 fully saturated rings. The summed E-state index contributed by atoms with van der Waals surface area (Å²) in [6, 6.07) is 26.6. The van der Waals surface area contributed by atoms with Gasteiger partial charge in [-0.05, 0) is 35.4 Å². The predicted molar refractivity (Wildman–Crippen MR) is 172 cm³/mol. The lowest BCUT2D eigenvalue weighted by atomic mass is 10.1. The Morgan fingerprint density at radius 3 is 1.78 bits per heavy atom. The van der Waals surface area contributed by atoms with E-state index in [2.05, 4.69) is 47.5 Å². The number of aromatic nitrogens is 5. The third kappa shape index (κ3) is 7.63. The highest BCUT2D eigenvalue weighted by Gasteiger charge is 2.17. The molecule has 0 saturated carbocycles. The minimum Gasteiger partial charge on any atom is -0.497 e. The molecule has 0 spiro atoms. The minimum absolute atomic E-state index is 0.0719. The Bertz CT molecular complexity index is 1770. The van der Waals surface area contributed by atoms with Crippen LogP contribution in [0.1, 0.15) is 16.7 Å². The SMILES string of the molecule is COc1ccc(CNc2nc(NCc3ccc(OC)cc3)nc(NNc3nc(-c4ccccc4)c(CC#N)c(=O)n3C)n2)cc1. The molecule has 5 rings (SSSR count). The molecule has 2 heterocycles. The third-order valence-electron chi connectivity index (χ3n) is 6.83. The van der Waals surface area contributed by atoms with Gasteiger partial charge in [0.05, 0.1) is 38.0 Å². The first-order valence-electron chi connectivity index (χ1n) is 14.0. The van der Waals surface area contributed by atoms with Crippen molar-refractivity contribution < 1.29 is 9.47 Å². The summed E-state index contributed by atoms with van der Waals surface area (Å²) in [5, 5.41) is 15.8. The maximum absolute atomic E-state index is 13.2. The molecule has 3 aromatic carbocycles. The quantitative estimate of drug-likeness (QED) is 0.140. The van der Waals surface area contributed by atoms with Gasteiger partial charge in [-0.15, -0.1) is 0 Å². The molecular formula is C32H32N10O3. The van der Waals surface area contributed by atoms with Crippen LogP contribution in [0, 0.1) is 11.3 Å². The molecule has 0 bridgehead atoms. The van der Waals surface area contributed by atoms with E-state index in [0.717, 1.165) is 28.2 Å². The summed E-state index contributed by atoms with van der Waals surface area (Å²) in [5.41, 5.74) is 9.03. The van der Waals surface area contributed by atoms with Crippen molar-refractivity contribution in [1.29, 1.82) is 5.26 Å². The first-order valence-corrected chi connectivity index (χ1v) is 14.0. The van der Waals surface area contributed by atoms with Gasteiger partial charge in [0.15, 0.2) is 0 Å². The zero-order valence-corrected chi connectivity index (χ0v) is 25.0. The number of nitrogens with one attached hydrogen (secondary N) is 4. The summed E-state index contributed by atoms with van der Waals surface area (Å²) >= 11 is 0. The molecule has 0 amide bonds. The van der Waals surface area contributed by atoms with Crippen LogP contribution in [0.3, 0.4) is 0 Å². The molecule has 0 unspecified atom stereocenters. The molecule has 0 radical (unpaired) electrons. The van der Waals surface area contributed by atoms with Crippen molar-refractivity contribution in [2.24, 2.45) is 7.05 Å². The number of ether oxygens (including phenoxy) is 2. The molecule has 4 N–H and O–H groups in total. The lowest BCUT2D eigenvalue weighted by Crippen LogP contribution is -2.28. The molecule has 2 aromatic heterocycles. The van der Waals surface area contributed by atoms with Crippen LogP contribution in [0.5, 0.6) is 11.5 Å². The van der Waals surface area contributed by atoms with Gasteiger partial charge in [-0.1, -0.05) is 54.6 Å². The maximum Gasteiger partial charge on any atom is 0.259 e. The van der Waals surface area contributed by atoms with Gasteiger partial charge in [-0.3, -0.25) is 20.2 Å². The first kappa shape index (κ1) is 30.3. The maximum atomic E-state index is 13.2. The van der Waals surface area contributed by atoms with Crippen molar-refractivity contribution >= 4 is 23.8 Å². The molecule has 5 aromatic rings. The molecule has 13 heteroatoms. The van der Waals surface area contributed by atoms with Crippen molar-refractivity contribution in [3.05, 3.63) is 106 Å². The second kappa shape index (κ2) is 14.3.